The second-order valence-electron chi connectivity index (χ2n) is 7.10. The van der Waals surface area contributed by atoms with Crippen molar-refractivity contribution in [3.63, 3.8) is 0 Å². The van der Waals surface area contributed by atoms with Crippen LogP contribution in [0.25, 0.3) is 0 Å². The molecule has 0 radical (unpaired) electrons. The van der Waals surface area contributed by atoms with Crippen LogP contribution in [-0.4, -0.2) is 0 Å². The highest BCUT2D eigenvalue weighted by atomic mass is 35.5. The van der Waals surface area contributed by atoms with Crippen molar-refractivity contribution in [2.24, 2.45) is 0 Å². The van der Waals surface area contributed by atoms with Gasteiger partial charge in [0.1, 0.15) is 11.6 Å². The summed E-state index contributed by atoms with van der Waals surface area (Å²) in [6.07, 6.45) is 0. The summed E-state index contributed by atoms with van der Waals surface area (Å²) in [7, 11) is 0. The average molecular weight is 471 g/mol. The van der Waals surface area contributed by atoms with Gasteiger partial charge in [0.15, 0.2) is 0 Å². The third-order valence-corrected chi connectivity index (χ3v) is 7.10. The standard InChI is InChI=1S/C26H18Cl2F2S/c27-21-9-1-17(2-10-21)25(19-5-13-23(29)14-6-19)31-26(18-3-11-22(28)12-4-18)20-7-15-24(30)16-8-20/h1-16,25-26H. The van der Waals surface area contributed by atoms with Crippen LogP contribution in [-0.2, 0) is 0 Å². The van der Waals surface area contributed by atoms with Crippen LogP contribution < -0.4 is 0 Å². The summed E-state index contributed by atoms with van der Waals surface area (Å²) in [6, 6.07) is 28.4. The molecule has 2 atom stereocenters. The highest BCUT2D eigenvalue weighted by Gasteiger charge is 2.24. The predicted octanol–water partition coefficient (Wildman–Crippen LogP) is 8.88. The lowest BCUT2D eigenvalue weighted by Crippen LogP contribution is -2.04. The first kappa shape index (κ1) is 21.9. The maximum Gasteiger partial charge on any atom is 0.123 e. The molecule has 4 rings (SSSR count). The lowest BCUT2D eigenvalue weighted by atomic mass is 10.0. The number of thioether (sulfide) groups is 1. The first-order chi connectivity index (χ1) is 15.0. The van der Waals surface area contributed by atoms with Gasteiger partial charge in [-0.3, -0.25) is 0 Å². The van der Waals surface area contributed by atoms with Crippen molar-refractivity contribution in [3.8, 4) is 0 Å². The summed E-state index contributed by atoms with van der Waals surface area (Å²) < 4.78 is 27.2. The molecule has 0 saturated heterocycles. The molecule has 4 aromatic rings. The summed E-state index contributed by atoms with van der Waals surface area (Å²) in [5.74, 6) is -0.562. The van der Waals surface area contributed by atoms with Crippen LogP contribution in [0.3, 0.4) is 0 Å². The zero-order valence-corrected chi connectivity index (χ0v) is 18.6. The summed E-state index contributed by atoms with van der Waals surface area (Å²) in [6.45, 7) is 0. The van der Waals surface area contributed by atoms with Gasteiger partial charge in [-0.25, -0.2) is 8.78 Å². The van der Waals surface area contributed by atoms with Gasteiger partial charge in [-0.15, -0.1) is 11.8 Å². The van der Waals surface area contributed by atoms with Gasteiger partial charge in [0.2, 0.25) is 0 Å². The van der Waals surface area contributed by atoms with E-state index in [9.17, 15) is 8.78 Å². The first-order valence-electron chi connectivity index (χ1n) is 9.67. The smallest absolute Gasteiger partial charge is 0.123 e. The third-order valence-electron chi connectivity index (χ3n) is 4.96. The van der Waals surface area contributed by atoms with Crippen LogP contribution in [0.5, 0.6) is 0 Å². The minimum absolute atomic E-state index is 0.0939. The van der Waals surface area contributed by atoms with Crippen LogP contribution >= 0.6 is 35.0 Å². The molecule has 0 aromatic heterocycles. The molecular formula is C26H18Cl2F2S. The van der Waals surface area contributed by atoms with E-state index in [2.05, 4.69) is 0 Å². The number of halogens is 4. The molecule has 0 fully saturated rings. The zero-order chi connectivity index (χ0) is 21.8. The Morgan fingerprint density at radius 2 is 0.710 bits per heavy atom. The topological polar surface area (TPSA) is 0 Å². The molecule has 2 unspecified atom stereocenters. The van der Waals surface area contributed by atoms with Crippen molar-refractivity contribution in [2.45, 2.75) is 10.5 Å². The molecule has 0 N–H and O–H groups in total. The number of benzene rings is 4. The molecule has 156 valence electrons. The van der Waals surface area contributed by atoms with Gasteiger partial charge >= 0.3 is 0 Å². The maximum atomic E-state index is 13.6. The lowest BCUT2D eigenvalue weighted by molar-refractivity contribution is 0.627. The van der Waals surface area contributed by atoms with Gasteiger partial charge in [-0.05, 0) is 70.8 Å². The Kier molecular flexibility index (Phi) is 6.96. The second-order valence-corrected chi connectivity index (χ2v) is 9.19. The molecule has 0 amide bonds. The molecule has 0 aliphatic rings. The quantitative estimate of drug-likeness (QED) is 0.271. The molecule has 0 aliphatic heterocycles. The summed E-state index contributed by atoms with van der Waals surface area (Å²) in [5.41, 5.74) is 4.02. The average Bonchev–Trinajstić information content (AvgIpc) is 2.78. The van der Waals surface area contributed by atoms with Gasteiger partial charge in [-0.1, -0.05) is 71.7 Å². The summed E-state index contributed by atoms with van der Waals surface area (Å²) in [4.78, 5) is 0. The van der Waals surface area contributed by atoms with E-state index in [4.69, 9.17) is 23.2 Å². The van der Waals surface area contributed by atoms with Crippen LogP contribution in [0.2, 0.25) is 10.0 Å². The molecule has 4 aromatic carbocycles. The van der Waals surface area contributed by atoms with Crippen molar-refractivity contribution in [3.05, 3.63) is 141 Å². The van der Waals surface area contributed by atoms with E-state index in [-0.39, 0.29) is 22.1 Å². The Labute approximate surface area is 194 Å². The van der Waals surface area contributed by atoms with Crippen LogP contribution in [0.15, 0.2) is 97.1 Å². The SMILES string of the molecule is Fc1ccc(C(SC(c2ccc(F)cc2)c2ccc(Cl)cc2)c2ccc(Cl)cc2)cc1. The van der Waals surface area contributed by atoms with E-state index in [0.717, 1.165) is 22.3 Å². The van der Waals surface area contributed by atoms with Crippen LogP contribution in [0.4, 0.5) is 8.78 Å². The molecule has 5 heteroatoms. The van der Waals surface area contributed by atoms with Crippen molar-refractivity contribution in [2.75, 3.05) is 0 Å². The van der Waals surface area contributed by atoms with Gasteiger partial charge < -0.3 is 0 Å². The minimum atomic E-state index is -0.281. The zero-order valence-electron chi connectivity index (χ0n) is 16.3. The molecule has 31 heavy (non-hydrogen) atoms. The number of rotatable bonds is 6. The van der Waals surface area contributed by atoms with Gasteiger partial charge in [0.25, 0.3) is 0 Å². The van der Waals surface area contributed by atoms with Gasteiger partial charge in [-0.2, -0.15) is 0 Å². The Balaban J connectivity index is 1.79. The second kappa shape index (κ2) is 9.86. The predicted molar refractivity (Wildman–Crippen MR) is 127 cm³/mol. The van der Waals surface area contributed by atoms with Crippen molar-refractivity contribution in [1.29, 1.82) is 0 Å². The van der Waals surface area contributed by atoms with Crippen molar-refractivity contribution < 1.29 is 8.78 Å². The van der Waals surface area contributed by atoms with Crippen LogP contribution in [0, 0.1) is 11.6 Å². The highest BCUT2D eigenvalue weighted by Crippen LogP contribution is 2.48. The van der Waals surface area contributed by atoms with Gasteiger partial charge in [0.05, 0.1) is 10.5 Å². The summed E-state index contributed by atoms with van der Waals surface area (Å²) in [5, 5.41) is 1.12. The monoisotopic (exact) mass is 470 g/mol. The Morgan fingerprint density at radius 3 is 1.00 bits per heavy atom. The Hall–Kier alpha value is -2.33. The molecular weight excluding hydrogens is 453 g/mol. The van der Waals surface area contributed by atoms with E-state index >= 15 is 0 Å². The molecule has 0 nitrogen and oxygen atoms in total. The largest absolute Gasteiger partial charge is 0.207 e. The molecule has 0 bridgehead atoms. The van der Waals surface area contributed by atoms with Crippen molar-refractivity contribution >= 4 is 35.0 Å². The highest BCUT2D eigenvalue weighted by molar-refractivity contribution is 8.00. The molecule has 0 heterocycles. The fourth-order valence-corrected chi connectivity index (χ4v) is 5.17. The fourth-order valence-electron chi connectivity index (χ4n) is 3.39. The third kappa shape index (κ3) is 5.48. The Bertz CT molecular complexity index is 942. The van der Waals surface area contributed by atoms with E-state index in [1.165, 1.54) is 24.3 Å². The molecule has 0 saturated carbocycles. The normalized spacial score (nSPS) is 13.0. The minimum Gasteiger partial charge on any atom is -0.207 e. The maximum absolute atomic E-state index is 13.6. The van der Waals surface area contributed by atoms with E-state index in [1.807, 2.05) is 48.5 Å². The molecule has 0 aliphatic carbocycles. The molecule has 0 spiro atoms. The van der Waals surface area contributed by atoms with Gasteiger partial charge in [0, 0.05) is 10.0 Å². The number of hydrogen-bond acceptors (Lipinski definition) is 1. The van der Waals surface area contributed by atoms with Crippen LogP contribution in [0.1, 0.15) is 32.8 Å². The van der Waals surface area contributed by atoms with E-state index in [1.54, 1.807) is 36.0 Å². The van der Waals surface area contributed by atoms with Crippen molar-refractivity contribution in [1.82, 2.24) is 0 Å². The number of hydrogen-bond donors (Lipinski definition) is 0. The first-order valence-corrected chi connectivity index (χ1v) is 11.4. The Morgan fingerprint density at radius 1 is 0.452 bits per heavy atom. The fraction of sp³-hybridized carbons (Fsp3) is 0.0769. The lowest BCUT2D eigenvalue weighted by Gasteiger charge is -2.25. The van der Waals surface area contributed by atoms with E-state index < -0.39 is 0 Å². The summed E-state index contributed by atoms with van der Waals surface area (Å²) >= 11 is 13.9. The van der Waals surface area contributed by atoms with E-state index in [0.29, 0.717) is 10.0 Å².